The summed E-state index contributed by atoms with van der Waals surface area (Å²) in [5.41, 5.74) is 0.889. The van der Waals surface area contributed by atoms with Gasteiger partial charge in [0.05, 0.1) is 19.4 Å². The number of halogens is 1. The van der Waals surface area contributed by atoms with Crippen LogP contribution in [0.4, 0.5) is 0 Å². The van der Waals surface area contributed by atoms with Crippen molar-refractivity contribution in [3.63, 3.8) is 0 Å². The maximum Gasteiger partial charge on any atom is 0.261 e. The number of hydrogen-bond acceptors (Lipinski definition) is 4. The van der Waals surface area contributed by atoms with E-state index >= 15 is 0 Å². The minimum absolute atomic E-state index is 0.115. The first-order valence-electron chi connectivity index (χ1n) is 7.13. The quantitative estimate of drug-likeness (QED) is 0.871. The van der Waals surface area contributed by atoms with Crippen LogP contribution in [0.5, 0.6) is 5.75 Å². The minimum atomic E-state index is -0.638. The van der Waals surface area contributed by atoms with Gasteiger partial charge in [0.25, 0.3) is 5.91 Å². The van der Waals surface area contributed by atoms with Crippen LogP contribution in [0.1, 0.15) is 11.3 Å². The zero-order valence-electron chi connectivity index (χ0n) is 12.2. The van der Waals surface area contributed by atoms with Crippen LogP contribution in [0.25, 0.3) is 0 Å². The Bertz CT molecular complexity index is 715. The van der Waals surface area contributed by atoms with E-state index in [9.17, 15) is 9.59 Å². The standard InChI is InChI=1S/C16H15ClN2O4/c17-11-3-4-13-10(6-11)7-14(23-13)16(21)19-9-15(20)18-8-12-2-1-5-22-12/h1-6,14H,7-9H2,(H,18,20)(H,19,21). The molecule has 1 aromatic heterocycles. The maximum atomic E-state index is 12.1. The van der Waals surface area contributed by atoms with Crippen LogP contribution >= 0.6 is 11.6 Å². The van der Waals surface area contributed by atoms with E-state index in [1.165, 1.54) is 6.26 Å². The highest BCUT2D eigenvalue weighted by Gasteiger charge is 2.29. The summed E-state index contributed by atoms with van der Waals surface area (Å²) in [7, 11) is 0. The zero-order chi connectivity index (χ0) is 16.2. The monoisotopic (exact) mass is 334 g/mol. The molecule has 1 aliphatic heterocycles. The summed E-state index contributed by atoms with van der Waals surface area (Å²) in [4.78, 5) is 23.8. The number of rotatable bonds is 5. The molecule has 23 heavy (non-hydrogen) atoms. The molecule has 2 heterocycles. The Hall–Kier alpha value is -2.47. The fourth-order valence-electron chi connectivity index (χ4n) is 2.31. The Kier molecular flexibility index (Phi) is 4.52. The third-order valence-electron chi connectivity index (χ3n) is 3.45. The number of ether oxygens (including phenoxy) is 1. The third kappa shape index (κ3) is 3.84. The van der Waals surface area contributed by atoms with Crippen molar-refractivity contribution < 1.29 is 18.7 Å². The van der Waals surface area contributed by atoms with Crippen molar-refractivity contribution in [2.75, 3.05) is 6.54 Å². The molecule has 7 heteroatoms. The van der Waals surface area contributed by atoms with Crippen molar-refractivity contribution in [1.29, 1.82) is 0 Å². The molecular formula is C16H15ClN2O4. The van der Waals surface area contributed by atoms with Gasteiger partial charge in [-0.25, -0.2) is 0 Å². The second kappa shape index (κ2) is 6.75. The average Bonchev–Trinajstić information content (AvgIpc) is 3.19. The van der Waals surface area contributed by atoms with Gasteiger partial charge in [-0.1, -0.05) is 11.6 Å². The Labute approximate surface area is 137 Å². The molecule has 0 aliphatic carbocycles. The summed E-state index contributed by atoms with van der Waals surface area (Å²) < 4.78 is 10.7. The number of furan rings is 1. The van der Waals surface area contributed by atoms with Crippen molar-refractivity contribution in [3.05, 3.63) is 52.9 Å². The van der Waals surface area contributed by atoms with E-state index in [4.69, 9.17) is 20.8 Å². The molecule has 0 radical (unpaired) electrons. The Morgan fingerprint density at radius 3 is 2.91 bits per heavy atom. The van der Waals surface area contributed by atoms with E-state index in [0.717, 1.165) is 5.56 Å². The first kappa shape index (κ1) is 15.4. The largest absolute Gasteiger partial charge is 0.480 e. The van der Waals surface area contributed by atoms with Gasteiger partial charge in [0, 0.05) is 11.4 Å². The van der Waals surface area contributed by atoms with Crippen LogP contribution in [0, 0.1) is 0 Å². The van der Waals surface area contributed by atoms with Gasteiger partial charge in [0.1, 0.15) is 11.5 Å². The molecule has 2 N–H and O–H groups in total. The normalized spacial score (nSPS) is 15.6. The third-order valence-corrected chi connectivity index (χ3v) is 3.69. The molecule has 1 unspecified atom stereocenters. The molecule has 2 amide bonds. The van der Waals surface area contributed by atoms with Gasteiger partial charge in [-0.15, -0.1) is 0 Å². The van der Waals surface area contributed by atoms with Crippen LogP contribution < -0.4 is 15.4 Å². The summed E-state index contributed by atoms with van der Waals surface area (Å²) in [6.45, 7) is 0.169. The highest BCUT2D eigenvalue weighted by Crippen LogP contribution is 2.31. The fourth-order valence-corrected chi connectivity index (χ4v) is 2.50. The topological polar surface area (TPSA) is 80.6 Å². The van der Waals surface area contributed by atoms with E-state index in [-0.39, 0.29) is 24.9 Å². The molecule has 0 saturated heterocycles. The van der Waals surface area contributed by atoms with Gasteiger partial charge in [-0.05, 0) is 35.9 Å². The Morgan fingerprint density at radius 2 is 2.13 bits per heavy atom. The SMILES string of the molecule is O=C(CNC(=O)C1Cc2cc(Cl)ccc2O1)NCc1ccco1. The summed E-state index contributed by atoms with van der Waals surface area (Å²) >= 11 is 5.91. The van der Waals surface area contributed by atoms with Gasteiger partial charge in [0.2, 0.25) is 5.91 Å². The maximum absolute atomic E-state index is 12.1. The average molecular weight is 335 g/mol. The van der Waals surface area contributed by atoms with E-state index in [1.807, 2.05) is 0 Å². The summed E-state index contributed by atoms with van der Waals surface area (Å²) in [6.07, 6.45) is 1.33. The molecular weight excluding hydrogens is 320 g/mol. The van der Waals surface area contributed by atoms with Crippen LogP contribution in [0.15, 0.2) is 41.0 Å². The summed E-state index contributed by atoms with van der Waals surface area (Å²) in [6, 6.07) is 8.72. The van der Waals surface area contributed by atoms with E-state index in [1.54, 1.807) is 30.3 Å². The van der Waals surface area contributed by atoms with Crippen molar-refractivity contribution in [3.8, 4) is 5.75 Å². The number of amides is 2. The van der Waals surface area contributed by atoms with Crippen LogP contribution in [-0.2, 0) is 22.6 Å². The van der Waals surface area contributed by atoms with Crippen LogP contribution in [0.2, 0.25) is 5.02 Å². The fraction of sp³-hybridized carbons (Fsp3) is 0.250. The Balaban J connectivity index is 1.44. The van der Waals surface area contributed by atoms with Crippen molar-refractivity contribution in [2.24, 2.45) is 0 Å². The lowest BCUT2D eigenvalue weighted by Gasteiger charge is -2.11. The highest BCUT2D eigenvalue weighted by molar-refractivity contribution is 6.30. The van der Waals surface area contributed by atoms with Gasteiger partial charge in [-0.2, -0.15) is 0 Å². The van der Waals surface area contributed by atoms with Crippen molar-refractivity contribution in [1.82, 2.24) is 10.6 Å². The minimum Gasteiger partial charge on any atom is -0.480 e. The first-order valence-corrected chi connectivity index (χ1v) is 7.51. The van der Waals surface area contributed by atoms with Gasteiger partial charge in [-0.3, -0.25) is 9.59 Å². The molecule has 1 aromatic carbocycles. The molecule has 1 aliphatic rings. The number of carbonyl (C=O) groups is 2. The molecule has 120 valence electrons. The highest BCUT2D eigenvalue weighted by atomic mass is 35.5. The van der Waals surface area contributed by atoms with Crippen molar-refractivity contribution >= 4 is 23.4 Å². The lowest BCUT2D eigenvalue weighted by atomic mass is 10.1. The lowest BCUT2D eigenvalue weighted by molar-refractivity contribution is -0.130. The second-order valence-electron chi connectivity index (χ2n) is 5.14. The van der Waals surface area contributed by atoms with Gasteiger partial charge < -0.3 is 19.8 Å². The van der Waals surface area contributed by atoms with Crippen LogP contribution in [-0.4, -0.2) is 24.5 Å². The van der Waals surface area contributed by atoms with E-state index in [2.05, 4.69) is 10.6 Å². The number of hydrogen-bond donors (Lipinski definition) is 2. The number of fused-ring (bicyclic) bond motifs is 1. The van der Waals surface area contributed by atoms with E-state index in [0.29, 0.717) is 23.0 Å². The second-order valence-corrected chi connectivity index (χ2v) is 5.57. The van der Waals surface area contributed by atoms with E-state index < -0.39 is 6.10 Å². The number of nitrogens with one attached hydrogen (secondary N) is 2. The zero-order valence-corrected chi connectivity index (χ0v) is 12.9. The van der Waals surface area contributed by atoms with Gasteiger partial charge in [0.15, 0.2) is 6.10 Å². The molecule has 0 spiro atoms. The summed E-state index contributed by atoms with van der Waals surface area (Å²) in [5, 5.41) is 5.82. The Morgan fingerprint density at radius 1 is 1.26 bits per heavy atom. The predicted molar refractivity (Wildman–Crippen MR) is 83.1 cm³/mol. The predicted octanol–water partition coefficient (Wildman–Crippen LogP) is 1.67. The molecule has 0 fully saturated rings. The smallest absolute Gasteiger partial charge is 0.261 e. The number of carbonyl (C=O) groups excluding carboxylic acids is 2. The van der Waals surface area contributed by atoms with Gasteiger partial charge >= 0.3 is 0 Å². The lowest BCUT2D eigenvalue weighted by Crippen LogP contribution is -2.42. The van der Waals surface area contributed by atoms with Crippen molar-refractivity contribution in [2.45, 2.75) is 19.1 Å². The van der Waals surface area contributed by atoms with Crippen LogP contribution in [0.3, 0.4) is 0 Å². The molecule has 1 atom stereocenters. The molecule has 0 bridgehead atoms. The molecule has 3 rings (SSSR count). The molecule has 6 nitrogen and oxygen atoms in total. The molecule has 0 saturated carbocycles. The molecule has 2 aromatic rings. The first-order chi connectivity index (χ1) is 11.1. The summed E-state index contributed by atoms with van der Waals surface area (Å²) in [5.74, 6) is 0.673. The number of benzene rings is 1.